The zero-order chi connectivity index (χ0) is 13.3. The summed E-state index contributed by atoms with van der Waals surface area (Å²) in [6.45, 7) is 8.44. The van der Waals surface area contributed by atoms with Crippen molar-refractivity contribution in [1.29, 1.82) is 0 Å². The molecule has 0 radical (unpaired) electrons. The van der Waals surface area contributed by atoms with E-state index >= 15 is 0 Å². The van der Waals surface area contributed by atoms with Crippen molar-refractivity contribution in [2.24, 2.45) is 5.92 Å². The van der Waals surface area contributed by atoms with E-state index < -0.39 is 0 Å². The van der Waals surface area contributed by atoms with Crippen LogP contribution in [0.15, 0.2) is 4.42 Å². The van der Waals surface area contributed by atoms with Crippen molar-refractivity contribution < 1.29 is 9.15 Å². The normalized spacial score (nSPS) is 33.8. The van der Waals surface area contributed by atoms with Crippen LogP contribution in [0.25, 0.3) is 0 Å². The SMILES string of the molecule is CCC(NC)c1nnc(C2C(C)OC(C)C2C)o1. The van der Waals surface area contributed by atoms with E-state index in [1.54, 1.807) is 0 Å². The number of aromatic nitrogens is 2. The summed E-state index contributed by atoms with van der Waals surface area (Å²) >= 11 is 0. The molecule has 1 saturated heterocycles. The molecule has 5 nitrogen and oxygen atoms in total. The lowest BCUT2D eigenvalue weighted by Crippen LogP contribution is -2.16. The van der Waals surface area contributed by atoms with E-state index in [1.807, 2.05) is 7.05 Å². The van der Waals surface area contributed by atoms with Crippen molar-refractivity contribution in [2.45, 2.75) is 58.3 Å². The Morgan fingerprint density at radius 2 is 1.94 bits per heavy atom. The lowest BCUT2D eigenvalue weighted by molar-refractivity contribution is 0.0544. The average molecular weight is 253 g/mol. The number of ether oxygens (including phenoxy) is 1. The fraction of sp³-hybridized carbons (Fsp3) is 0.846. The van der Waals surface area contributed by atoms with Gasteiger partial charge in [0.05, 0.1) is 24.2 Å². The zero-order valence-electron chi connectivity index (χ0n) is 11.8. The molecule has 2 rings (SSSR count). The molecule has 5 atom stereocenters. The number of nitrogens with one attached hydrogen (secondary N) is 1. The Morgan fingerprint density at radius 1 is 1.22 bits per heavy atom. The smallest absolute Gasteiger partial charge is 0.233 e. The highest BCUT2D eigenvalue weighted by molar-refractivity contribution is 5.03. The van der Waals surface area contributed by atoms with Crippen LogP contribution in [0, 0.1) is 5.92 Å². The summed E-state index contributed by atoms with van der Waals surface area (Å²) in [6.07, 6.45) is 1.31. The summed E-state index contributed by atoms with van der Waals surface area (Å²) in [5.74, 6) is 2.00. The zero-order valence-corrected chi connectivity index (χ0v) is 11.8. The molecule has 1 N–H and O–H groups in total. The molecule has 18 heavy (non-hydrogen) atoms. The van der Waals surface area contributed by atoms with Crippen LogP contribution in [0.5, 0.6) is 0 Å². The summed E-state index contributed by atoms with van der Waals surface area (Å²) in [5, 5.41) is 11.6. The molecule has 0 amide bonds. The molecule has 1 aromatic heterocycles. The Bertz CT molecular complexity index is 389. The van der Waals surface area contributed by atoms with Crippen molar-refractivity contribution in [3.63, 3.8) is 0 Å². The quantitative estimate of drug-likeness (QED) is 0.892. The van der Waals surface area contributed by atoms with Crippen LogP contribution in [-0.2, 0) is 4.74 Å². The first kappa shape index (κ1) is 13.5. The van der Waals surface area contributed by atoms with Crippen LogP contribution in [-0.4, -0.2) is 29.5 Å². The van der Waals surface area contributed by atoms with E-state index in [1.165, 1.54) is 0 Å². The fourth-order valence-corrected chi connectivity index (χ4v) is 2.72. The Labute approximate surface area is 108 Å². The predicted molar refractivity (Wildman–Crippen MR) is 68.3 cm³/mol. The third-order valence-corrected chi connectivity index (χ3v) is 4.04. The minimum atomic E-state index is 0.136. The predicted octanol–water partition coefficient (Wildman–Crippen LogP) is 2.27. The third-order valence-electron chi connectivity index (χ3n) is 4.04. The van der Waals surface area contributed by atoms with Crippen LogP contribution in [0.3, 0.4) is 0 Å². The second-order valence-corrected chi connectivity index (χ2v) is 5.16. The molecule has 0 aliphatic carbocycles. The van der Waals surface area contributed by atoms with Crippen molar-refractivity contribution in [1.82, 2.24) is 15.5 Å². The fourth-order valence-electron chi connectivity index (χ4n) is 2.72. The van der Waals surface area contributed by atoms with Gasteiger partial charge in [-0.25, -0.2) is 0 Å². The van der Waals surface area contributed by atoms with Crippen molar-refractivity contribution in [3.8, 4) is 0 Å². The maximum Gasteiger partial charge on any atom is 0.233 e. The molecule has 1 aromatic rings. The number of rotatable bonds is 4. The molecule has 0 aromatic carbocycles. The van der Waals surface area contributed by atoms with Crippen molar-refractivity contribution in [3.05, 3.63) is 11.8 Å². The van der Waals surface area contributed by atoms with E-state index in [4.69, 9.17) is 9.15 Å². The molecule has 2 heterocycles. The Balaban J connectivity index is 2.19. The largest absolute Gasteiger partial charge is 0.423 e. The molecule has 5 unspecified atom stereocenters. The van der Waals surface area contributed by atoms with Gasteiger partial charge in [0.1, 0.15) is 0 Å². The molecule has 0 saturated carbocycles. The third kappa shape index (κ3) is 2.29. The van der Waals surface area contributed by atoms with Gasteiger partial charge in [0.2, 0.25) is 11.8 Å². The van der Waals surface area contributed by atoms with Gasteiger partial charge in [-0.05, 0) is 33.2 Å². The number of hydrogen-bond donors (Lipinski definition) is 1. The average Bonchev–Trinajstić information content (AvgIpc) is 2.88. The number of nitrogens with zero attached hydrogens (tertiary/aromatic N) is 2. The minimum absolute atomic E-state index is 0.136. The second kappa shape index (κ2) is 5.36. The molecule has 0 bridgehead atoms. The van der Waals surface area contributed by atoms with E-state index in [9.17, 15) is 0 Å². The first-order valence-electron chi connectivity index (χ1n) is 6.74. The summed E-state index contributed by atoms with van der Waals surface area (Å²) in [4.78, 5) is 0. The maximum absolute atomic E-state index is 5.84. The summed E-state index contributed by atoms with van der Waals surface area (Å²) in [5.41, 5.74) is 0. The molecular formula is C13H23N3O2. The molecular weight excluding hydrogens is 230 g/mol. The van der Waals surface area contributed by atoms with Gasteiger partial charge in [0, 0.05) is 0 Å². The molecule has 5 heteroatoms. The van der Waals surface area contributed by atoms with Gasteiger partial charge in [0.15, 0.2) is 0 Å². The lowest BCUT2D eigenvalue weighted by Gasteiger charge is -2.14. The molecule has 0 spiro atoms. The van der Waals surface area contributed by atoms with Crippen LogP contribution in [0.1, 0.15) is 57.9 Å². The van der Waals surface area contributed by atoms with Gasteiger partial charge < -0.3 is 14.5 Å². The molecule has 1 aliphatic heterocycles. The Hall–Kier alpha value is -0.940. The van der Waals surface area contributed by atoms with Gasteiger partial charge in [-0.2, -0.15) is 0 Å². The Kier molecular flexibility index (Phi) is 4.02. The first-order valence-corrected chi connectivity index (χ1v) is 6.74. The topological polar surface area (TPSA) is 60.2 Å². The molecule has 102 valence electrons. The van der Waals surface area contributed by atoms with Crippen LogP contribution < -0.4 is 5.32 Å². The number of hydrogen-bond acceptors (Lipinski definition) is 5. The molecule has 1 aliphatic rings. The van der Waals surface area contributed by atoms with Crippen molar-refractivity contribution >= 4 is 0 Å². The summed E-state index contributed by atoms with van der Waals surface area (Å²) in [6, 6.07) is 0.136. The van der Waals surface area contributed by atoms with Crippen LogP contribution >= 0.6 is 0 Å². The standard InChI is InChI=1S/C13H23N3O2/c1-6-10(14-5)12-15-16-13(18-12)11-7(2)8(3)17-9(11)4/h7-11,14H,6H2,1-5H3. The summed E-state index contributed by atoms with van der Waals surface area (Å²) in [7, 11) is 1.91. The maximum atomic E-state index is 5.84. The van der Waals surface area contributed by atoms with E-state index in [0.29, 0.717) is 17.7 Å². The van der Waals surface area contributed by atoms with E-state index in [2.05, 4.69) is 43.2 Å². The van der Waals surface area contributed by atoms with Crippen LogP contribution in [0.4, 0.5) is 0 Å². The molecule has 1 fully saturated rings. The van der Waals surface area contributed by atoms with Gasteiger partial charge >= 0.3 is 0 Å². The van der Waals surface area contributed by atoms with Gasteiger partial charge in [0.25, 0.3) is 0 Å². The van der Waals surface area contributed by atoms with Gasteiger partial charge in [-0.15, -0.1) is 10.2 Å². The first-order chi connectivity index (χ1) is 8.58. The highest BCUT2D eigenvalue weighted by atomic mass is 16.5. The summed E-state index contributed by atoms with van der Waals surface area (Å²) < 4.78 is 11.7. The second-order valence-electron chi connectivity index (χ2n) is 5.16. The van der Waals surface area contributed by atoms with Crippen molar-refractivity contribution in [2.75, 3.05) is 7.05 Å². The van der Waals surface area contributed by atoms with Gasteiger partial charge in [-0.3, -0.25) is 0 Å². The highest BCUT2D eigenvalue weighted by Crippen LogP contribution is 2.39. The van der Waals surface area contributed by atoms with Gasteiger partial charge in [-0.1, -0.05) is 13.8 Å². The van der Waals surface area contributed by atoms with E-state index in [0.717, 1.165) is 6.42 Å². The Morgan fingerprint density at radius 3 is 2.44 bits per heavy atom. The minimum Gasteiger partial charge on any atom is -0.423 e. The lowest BCUT2D eigenvalue weighted by atomic mass is 9.89. The van der Waals surface area contributed by atoms with Crippen LogP contribution in [0.2, 0.25) is 0 Å². The van der Waals surface area contributed by atoms with E-state index in [-0.39, 0.29) is 24.2 Å². The highest BCUT2D eigenvalue weighted by Gasteiger charge is 2.41. The monoisotopic (exact) mass is 253 g/mol.